The highest BCUT2D eigenvalue weighted by Crippen LogP contribution is 2.50. The van der Waals surface area contributed by atoms with Crippen molar-refractivity contribution in [2.24, 2.45) is 22.1 Å². The number of allylic oxidation sites excluding steroid dienone is 1. The van der Waals surface area contributed by atoms with Crippen molar-refractivity contribution in [1.29, 1.82) is 5.41 Å². The van der Waals surface area contributed by atoms with E-state index in [1.807, 2.05) is 20.9 Å². The molecule has 8 heteroatoms. The quantitative estimate of drug-likeness (QED) is 0.503. The molecule has 0 amide bonds. The van der Waals surface area contributed by atoms with E-state index < -0.39 is 0 Å². The summed E-state index contributed by atoms with van der Waals surface area (Å²) in [6.45, 7) is 10.5. The van der Waals surface area contributed by atoms with Gasteiger partial charge in [0.05, 0.1) is 24.5 Å². The summed E-state index contributed by atoms with van der Waals surface area (Å²) in [5.41, 5.74) is 12.8. The molecule has 2 aliphatic heterocycles. The predicted octanol–water partition coefficient (Wildman–Crippen LogP) is 3.98. The van der Waals surface area contributed by atoms with Crippen molar-refractivity contribution in [3.8, 4) is 0 Å². The van der Waals surface area contributed by atoms with Gasteiger partial charge >= 0.3 is 0 Å². The molecular formula is C29H45N7O. The number of fused-ring (bicyclic) bond motifs is 2. The van der Waals surface area contributed by atoms with Crippen molar-refractivity contribution in [3.05, 3.63) is 28.6 Å². The van der Waals surface area contributed by atoms with Crippen LogP contribution in [0.1, 0.15) is 63.1 Å². The van der Waals surface area contributed by atoms with E-state index in [1.165, 1.54) is 50.5 Å². The van der Waals surface area contributed by atoms with Crippen LogP contribution in [-0.2, 0) is 4.74 Å². The van der Waals surface area contributed by atoms with Crippen molar-refractivity contribution in [3.63, 3.8) is 0 Å². The number of ether oxygens (including phenoxy) is 1. The zero-order valence-corrected chi connectivity index (χ0v) is 23.0. The Morgan fingerprint density at radius 2 is 2.11 bits per heavy atom. The molecule has 1 aromatic heterocycles. The first-order valence-electron chi connectivity index (χ1n) is 14.2. The Morgan fingerprint density at radius 3 is 2.84 bits per heavy atom. The number of hydrogen-bond donors (Lipinski definition) is 3. The standard InChI is InChI=1S/C29H45N7O/c1-20-15-27(23(17-30)28(32-3)34-20)36-10-7-25(24(18-36)21(2)31)33-19-29-8-4-5-22(16-29)26(6-9-29)35-11-13-37-14-12-35/h15,17,22,26,30H,4-14,16,18-19,31H2,1-3H3,(H,32,34). The van der Waals surface area contributed by atoms with Crippen molar-refractivity contribution in [1.82, 2.24) is 9.88 Å². The first kappa shape index (κ1) is 26.2. The number of aromatic nitrogens is 1. The topological polar surface area (TPSA) is 103 Å². The summed E-state index contributed by atoms with van der Waals surface area (Å²) >= 11 is 0. The molecule has 2 aliphatic carbocycles. The third-order valence-corrected chi connectivity index (χ3v) is 9.29. The van der Waals surface area contributed by atoms with E-state index in [1.54, 1.807) is 0 Å². The van der Waals surface area contributed by atoms with Gasteiger partial charge in [-0.2, -0.15) is 0 Å². The fraction of sp³-hybridized carbons (Fsp3) is 0.690. The molecule has 3 atom stereocenters. The minimum absolute atomic E-state index is 0.362. The molecule has 2 saturated carbocycles. The number of pyridine rings is 1. The molecular weight excluding hydrogens is 462 g/mol. The fourth-order valence-corrected chi connectivity index (χ4v) is 7.37. The van der Waals surface area contributed by atoms with E-state index in [4.69, 9.17) is 20.9 Å². The van der Waals surface area contributed by atoms with Crippen LogP contribution in [0.3, 0.4) is 0 Å². The number of hydrogen-bond acceptors (Lipinski definition) is 8. The van der Waals surface area contributed by atoms with Gasteiger partial charge in [-0.1, -0.05) is 6.42 Å². The fourth-order valence-electron chi connectivity index (χ4n) is 7.37. The van der Waals surface area contributed by atoms with Crippen LogP contribution < -0.4 is 16.0 Å². The number of nitrogens with one attached hydrogen (secondary N) is 2. The van der Waals surface area contributed by atoms with Gasteiger partial charge in [0.15, 0.2) is 0 Å². The van der Waals surface area contributed by atoms with Gasteiger partial charge in [0, 0.05) is 81.1 Å². The second-order valence-corrected chi connectivity index (χ2v) is 11.6. The minimum atomic E-state index is 0.362. The number of nitrogens with two attached hydrogens (primary N) is 1. The van der Waals surface area contributed by atoms with Gasteiger partial charge in [-0.25, -0.2) is 4.98 Å². The molecule has 2 bridgehead atoms. The lowest BCUT2D eigenvalue weighted by molar-refractivity contribution is -0.0415. The monoisotopic (exact) mass is 507 g/mol. The number of nitrogens with zero attached hydrogens (tertiary/aromatic N) is 4. The average molecular weight is 508 g/mol. The molecule has 4 fully saturated rings. The van der Waals surface area contributed by atoms with Gasteiger partial charge < -0.3 is 26.1 Å². The Bertz CT molecular complexity index is 1060. The normalized spacial score (nSPS) is 31.3. The summed E-state index contributed by atoms with van der Waals surface area (Å²) in [5, 5.41) is 11.2. The van der Waals surface area contributed by atoms with Gasteiger partial charge in [0.2, 0.25) is 0 Å². The molecule has 37 heavy (non-hydrogen) atoms. The number of piperidine rings is 1. The first-order chi connectivity index (χ1) is 17.9. The molecule has 5 rings (SSSR count). The van der Waals surface area contributed by atoms with Crippen LogP contribution in [0, 0.1) is 23.7 Å². The van der Waals surface area contributed by atoms with Crippen LogP contribution in [0.15, 0.2) is 22.3 Å². The first-order valence-corrected chi connectivity index (χ1v) is 14.2. The average Bonchev–Trinajstić information content (AvgIpc) is 2.92. The lowest BCUT2D eigenvalue weighted by Crippen LogP contribution is -2.52. The highest BCUT2D eigenvalue weighted by atomic mass is 16.5. The molecule has 8 nitrogen and oxygen atoms in total. The van der Waals surface area contributed by atoms with E-state index in [0.29, 0.717) is 5.41 Å². The molecule has 4 N–H and O–H groups in total. The Hall–Kier alpha value is -2.45. The Labute approximate surface area is 222 Å². The highest BCUT2D eigenvalue weighted by molar-refractivity contribution is 6.03. The van der Waals surface area contributed by atoms with Crippen LogP contribution in [0.4, 0.5) is 11.5 Å². The number of rotatable bonds is 6. The third-order valence-electron chi connectivity index (χ3n) is 9.29. The molecule has 0 spiro atoms. The van der Waals surface area contributed by atoms with Crippen LogP contribution in [0.2, 0.25) is 0 Å². The maximum Gasteiger partial charge on any atom is 0.136 e. The van der Waals surface area contributed by atoms with Crippen molar-refractivity contribution >= 4 is 23.4 Å². The van der Waals surface area contributed by atoms with Crippen molar-refractivity contribution in [2.45, 2.75) is 64.8 Å². The van der Waals surface area contributed by atoms with E-state index in [2.05, 4.69) is 26.2 Å². The summed E-state index contributed by atoms with van der Waals surface area (Å²) in [6, 6.07) is 2.82. The zero-order valence-electron chi connectivity index (χ0n) is 23.0. The molecule has 202 valence electrons. The summed E-state index contributed by atoms with van der Waals surface area (Å²) in [7, 11) is 1.86. The Kier molecular flexibility index (Phi) is 7.86. The number of morpholine rings is 1. The van der Waals surface area contributed by atoms with Crippen LogP contribution in [0.5, 0.6) is 0 Å². The molecule has 0 aromatic carbocycles. The lowest BCUT2D eigenvalue weighted by Gasteiger charge is -2.52. The van der Waals surface area contributed by atoms with Gasteiger partial charge in [-0.15, -0.1) is 0 Å². The predicted molar refractivity (Wildman–Crippen MR) is 152 cm³/mol. The van der Waals surface area contributed by atoms with Crippen LogP contribution in [0.25, 0.3) is 0 Å². The van der Waals surface area contributed by atoms with Crippen LogP contribution >= 0.6 is 0 Å². The number of aliphatic imine (C=N–C) groups is 1. The lowest BCUT2D eigenvalue weighted by atomic mass is 9.60. The van der Waals surface area contributed by atoms with Gasteiger partial charge in [-0.3, -0.25) is 9.89 Å². The number of aryl methyl sites for hydroxylation is 1. The molecule has 4 aliphatic rings. The van der Waals surface area contributed by atoms with Gasteiger partial charge in [0.25, 0.3) is 0 Å². The van der Waals surface area contributed by atoms with Gasteiger partial charge in [0.1, 0.15) is 5.82 Å². The Morgan fingerprint density at radius 1 is 1.30 bits per heavy atom. The largest absolute Gasteiger partial charge is 0.402 e. The van der Waals surface area contributed by atoms with E-state index in [-0.39, 0.29) is 0 Å². The van der Waals surface area contributed by atoms with E-state index in [9.17, 15) is 0 Å². The zero-order chi connectivity index (χ0) is 26.0. The highest BCUT2D eigenvalue weighted by Gasteiger charge is 2.45. The molecule has 2 saturated heterocycles. The molecule has 1 aromatic rings. The SMILES string of the molecule is CNc1nc(C)cc(N2CCC(=NCC34CCCC(C3)C(N3CCOCC3)CC4)C(=C(C)N)C2)c1C=N. The number of anilines is 2. The van der Waals surface area contributed by atoms with Crippen molar-refractivity contribution in [2.75, 3.05) is 63.2 Å². The second kappa shape index (κ2) is 11.1. The van der Waals surface area contributed by atoms with Crippen molar-refractivity contribution < 1.29 is 4.74 Å². The smallest absolute Gasteiger partial charge is 0.136 e. The third kappa shape index (κ3) is 5.41. The second-order valence-electron chi connectivity index (χ2n) is 11.6. The maximum absolute atomic E-state index is 8.01. The van der Waals surface area contributed by atoms with Crippen LogP contribution in [-0.4, -0.2) is 80.8 Å². The summed E-state index contributed by atoms with van der Waals surface area (Å²) in [4.78, 5) is 15.0. The Balaban J connectivity index is 1.31. The molecule has 3 unspecified atom stereocenters. The minimum Gasteiger partial charge on any atom is -0.402 e. The molecule has 0 radical (unpaired) electrons. The summed E-state index contributed by atoms with van der Waals surface area (Å²) in [5.74, 6) is 1.56. The molecule has 3 heterocycles. The van der Waals surface area contributed by atoms with Gasteiger partial charge in [-0.05, 0) is 63.4 Å². The maximum atomic E-state index is 8.01. The van der Waals surface area contributed by atoms with E-state index >= 15 is 0 Å². The summed E-state index contributed by atoms with van der Waals surface area (Å²) in [6.07, 6.45) is 10.2. The summed E-state index contributed by atoms with van der Waals surface area (Å²) < 4.78 is 5.62. The van der Waals surface area contributed by atoms with E-state index in [0.717, 1.165) is 98.4 Å².